The maximum atomic E-state index is 11.7. The normalized spacial score (nSPS) is 13.9. The number of benzene rings is 1. The molecule has 1 heteroatoms. The fourth-order valence-electron chi connectivity index (χ4n) is 1.48. The summed E-state index contributed by atoms with van der Waals surface area (Å²) in [5.41, 5.74) is 3.01. The smallest absolute Gasteiger partial charge is 0.0257 e. The molecular formula is C15H13O-. The molecule has 0 aliphatic heterocycles. The summed E-state index contributed by atoms with van der Waals surface area (Å²) >= 11 is 0. The Morgan fingerprint density at radius 2 is 1.69 bits per heavy atom. The van der Waals surface area contributed by atoms with Crippen LogP contribution < -0.4 is 5.11 Å². The number of hydrogen-bond donors (Lipinski definition) is 0. The van der Waals surface area contributed by atoms with Crippen molar-refractivity contribution in [1.82, 2.24) is 0 Å². The molecule has 0 spiro atoms. The Hall–Kier alpha value is -2.02. The van der Waals surface area contributed by atoms with Gasteiger partial charge in [0.2, 0.25) is 0 Å². The highest BCUT2D eigenvalue weighted by atomic mass is 16.3. The SMILES string of the molecule is Cc1ccc(C=CC([O-])=C2C=CC=C2)cc1. The molecule has 1 aliphatic rings. The van der Waals surface area contributed by atoms with Gasteiger partial charge in [-0.25, -0.2) is 0 Å². The molecule has 2 rings (SSSR count). The molecule has 0 N–H and O–H groups in total. The molecule has 0 aromatic heterocycles. The van der Waals surface area contributed by atoms with Gasteiger partial charge in [-0.15, -0.1) is 5.76 Å². The summed E-state index contributed by atoms with van der Waals surface area (Å²) in [6.45, 7) is 2.04. The third kappa shape index (κ3) is 2.51. The van der Waals surface area contributed by atoms with E-state index in [0.717, 1.165) is 11.1 Å². The van der Waals surface area contributed by atoms with Crippen LogP contribution in [0.25, 0.3) is 6.08 Å². The van der Waals surface area contributed by atoms with Crippen LogP contribution >= 0.6 is 0 Å². The average Bonchev–Trinajstić information content (AvgIpc) is 2.81. The summed E-state index contributed by atoms with van der Waals surface area (Å²) in [6, 6.07) is 8.08. The highest BCUT2D eigenvalue weighted by Crippen LogP contribution is 2.12. The maximum absolute atomic E-state index is 11.7. The number of hydrogen-bond acceptors (Lipinski definition) is 1. The Balaban J connectivity index is 2.15. The van der Waals surface area contributed by atoms with Gasteiger partial charge < -0.3 is 5.11 Å². The quantitative estimate of drug-likeness (QED) is 0.687. The number of aryl methyl sites for hydroxylation is 1. The monoisotopic (exact) mass is 209 g/mol. The predicted octanol–water partition coefficient (Wildman–Crippen LogP) is 2.75. The third-order valence-electron chi connectivity index (χ3n) is 2.45. The van der Waals surface area contributed by atoms with E-state index in [4.69, 9.17) is 0 Å². The predicted molar refractivity (Wildman–Crippen MR) is 65.5 cm³/mol. The maximum Gasteiger partial charge on any atom is -0.0257 e. The van der Waals surface area contributed by atoms with Crippen molar-refractivity contribution in [2.24, 2.45) is 0 Å². The number of rotatable bonds is 2. The minimum absolute atomic E-state index is 0.0468. The van der Waals surface area contributed by atoms with Crippen molar-refractivity contribution < 1.29 is 5.11 Å². The lowest BCUT2D eigenvalue weighted by atomic mass is 10.1. The van der Waals surface area contributed by atoms with Gasteiger partial charge in [-0.1, -0.05) is 66.3 Å². The van der Waals surface area contributed by atoms with Crippen LogP contribution in [0.1, 0.15) is 11.1 Å². The Morgan fingerprint density at radius 3 is 2.31 bits per heavy atom. The Kier molecular flexibility index (Phi) is 3.06. The minimum atomic E-state index is 0.0468. The lowest BCUT2D eigenvalue weighted by Crippen LogP contribution is -2.02. The molecule has 0 saturated carbocycles. The second kappa shape index (κ2) is 4.67. The van der Waals surface area contributed by atoms with Crippen molar-refractivity contribution in [3.05, 3.63) is 77.1 Å². The molecule has 0 unspecified atom stereocenters. The van der Waals surface area contributed by atoms with E-state index in [1.807, 2.05) is 61.6 Å². The molecule has 1 aromatic rings. The molecule has 0 radical (unpaired) electrons. The van der Waals surface area contributed by atoms with E-state index in [9.17, 15) is 5.11 Å². The summed E-state index contributed by atoms with van der Waals surface area (Å²) in [4.78, 5) is 0. The summed E-state index contributed by atoms with van der Waals surface area (Å²) in [5.74, 6) is 0.0468. The molecule has 16 heavy (non-hydrogen) atoms. The molecule has 1 nitrogen and oxygen atoms in total. The van der Waals surface area contributed by atoms with E-state index in [1.54, 1.807) is 6.08 Å². The van der Waals surface area contributed by atoms with E-state index in [0.29, 0.717) is 0 Å². The van der Waals surface area contributed by atoms with Crippen molar-refractivity contribution in [1.29, 1.82) is 0 Å². The summed E-state index contributed by atoms with van der Waals surface area (Å²) in [5, 5.41) is 11.7. The second-order valence-electron chi connectivity index (χ2n) is 3.78. The first-order valence-electron chi connectivity index (χ1n) is 5.26. The zero-order valence-corrected chi connectivity index (χ0v) is 9.18. The third-order valence-corrected chi connectivity index (χ3v) is 2.45. The molecule has 0 bridgehead atoms. The zero-order valence-electron chi connectivity index (χ0n) is 9.18. The molecule has 1 aromatic carbocycles. The van der Waals surface area contributed by atoms with Crippen molar-refractivity contribution in [3.63, 3.8) is 0 Å². The molecule has 0 atom stereocenters. The van der Waals surface area contributed by atoms with Crippen molar-refractivity contribution in [3.8, 4) is 0 Å². The van der Waals surface area contributed by atoms with Crippen LogP contribution in [0.3, 0.4) is 0 Å². The van der Waals surface area contributed by atoms with Crippen LogP contribution in [-0.2, 0) is 0 Å². The first kappa shape index (κ1) is 10.5. The van der Waals surface area contributed by atoms with Gasteiger partial charge in [-0.2, -0.15) is 0 Å². The lowest BCUT2D eigenvalue weighted by Gasteiger charge is -2.08. The molecule has 0 amide bonds. The van der Waals surface area contributed by atoms with Crippen molar-refractivity contribution in [2.75, 3.05) is 0 Å². The first-order chi connectivity index (χ1) is 7.75. The largest absolute Gasteiger partial charge is 0.872 e. The molecule has 0 saturated heterocycles. The fraction of sp³-hybridized carbons (Fsp3) is 0.0667. The molecular weight excluding hydrogens is 196 g/mol. The zero-order chi connectivity index (χ0) is 11.4. The van der Waals surface area contributed by atoms with Gasteiger partial charge in [0.25, 0.3) is 0 Å². The second-order valence-corrected chi connectivity index (χ2v) is 3.78. The van der Waals surface area contributed by atoms with Crippen LogP contribution in [-0.4, -0.2) is 0 Å². The van der Waals surface area contributed by atoms with E-state index in [-0.39, 0.29) is 5.76 Å². The Labute approximate surface area is 95.7 Å². The Bertz CT molecular complexity index is 471. The van der Waals surface area contributed by atoms with Crippen LogP contribution in [0.5, 0.6) is 0 Å². The fourth-order valence-corrected chi connectivity index (χ4v) is 1.48. The van der Waals surface area contributed by atoms with Crippen molar-refractivity contribution in [2.45, 2.75) is 6.92 Å². The standard InChI is InChI=1S/C15H14O/c1-12-6-8-13(9-7-12)10-11-15(16)14-4-2-3-5-14/h2-11,16H,1H3/p-1. The van der Waals surface area contributed by atoms with Gasteiger partial charge in [0.15, 0.2) is 0 Å². The highest BCUT2D eigenvalue weighted by Gasteiger charge is 1.91. The van der Waals surface area contributed by atoms with Crippen LogP contribution in [0, 0.1) is 6.92 Å². The van der Waals surface area contributed by atoms with Crippen molar-refractivity contribution >= 4 is 6.08 Å². The van der Waals surface area contributed by atoms with E-state index in [2.05, 4.69) is 0 Å². The average molecular weight is 209 g/mol. The van der Waals surface area contributed by atoms with Crippen LogP contribution in [0.4, 0.5) is 0 Å². The van der Waals surface area contributed by atoms with Gasteiger partial charge in [0, 0.05) is 0 Å². The van der Waals surface area contributed by atoms with Crippen LogP contribution in [0.15, 0.2) is 66.0 Å². The van der Waals surface area contributed by atoms with E-state index in [1.165, 1.54) is 5.56 Å². The molecule has 0 heterocycles. The van der Waals surface area contributed by atoms with E-state index >= 15 is 0 Å². The van der Waals surface area contributed by atoms with Gasteiger partial charge in [0.05, 0.1) is 0 Å². The molecule has 0 fully saturated rings. The van der Waals surface area contributed by atoms with Gasteiger partial charge in [-0.3, -0.25) is 0 Å². The Morgan fingerprint density at radius 1 is 1.06 bits per heavy atom. The topological polar surface area (TPSA) is 23.1 Å². The molecule has 1 aliphatic carbocycles. The van der Waals surface area contributed by atoms with E-state index < -0.39 is 0 Å². The van der Waals surface area contributed by atoms with Gasteiger partial charge in [0.1, 0.15) is 0 Å². The van der Waals surface area contributed by atoms with Crippen LogP contribution in [0.2, 0.25) is 0 Å². The summed E-state index contributed by atoms with van der Waals surface area (Å²) in [7, 11) is 0. The highest BCUT2D eigenvalue weighted by molar-refractivity contribution is 5.55. The van der Waals surface area contributed by atoms with Gasteiger partial charge >= 0.3 is 0 Å². The first-order valence-corrected chi connectivity index (χ1v) is 5.26. The summed E-state index contributed by atoms with van der Waals surface area (Å²) < 4.78 is 0. The lowest BCUT2D eigenvalue weighted by molar-refractivity contribution is -0.295. The van der Waals surface area contributed by atoms with Gasteiger partial charge in [-0.05, 0) is 18.1 Å². The summed E-state index contributed by atoms with van der Waals surface area (Å²) in [6.07, 6.45) is 10.8. The number of allylic oxidation sites excluding steroid dienone is 6. The minimum Gasteiger partial charge on any atom is -0.872 e. The molecule has 80 valence electrons.